The first-order valence-corrected chi connectivity index (χ1v) is 10.1. The number of carbonyl (C=O) groups excluding carboxylic acids is 2. The Hall–Kier alpha value is -2.25. The van der Waals surface area contributed by atoms with Crippen molar-refractivity contribution in [3.8, 4) is 0 Å². The van der Waals surface area contributed by atoms with Crippen molar-refractivity contribution in [3.63, 3.8) is 0 Å². The molecule has 0 saturated carbocycles. The molecule has 6 nitrogen and oxygen atoms in total. The molecule has 144 valence electrons. The summed E-state index contributed by atoms with van der Waals surface area (Å²) in [6.45, 7) is 4.37. The largest absolute Gasteiger partial charge is 0.352 e. The number of hydrogen-bond donors (Lipinski definition) is 1. The third kappa shape index (κ3) is 4.93. The summed E-state index contributed by atoms with van der Waals surface area (Å²) in [5.41, 5.74) is 1.09. The Morgan fingerprint density at radius 1 is 1.37 bits per heavy atom. The van der Waals surface area contributed by atoms with Crippen LogP contribution in [0.2, 0.25) is 0 Å². The highest BCUT2D eigenvalue weighted by Gasteiger charge is 2.31. The average Bonchev–Trinajstić information content (AvgIpc) is 3.32. The number of carbonyl (C=O) groups is 2. The van der Waals surface area contributed by atoms with Gasteiger partial charge in [-0.1, -0.05) is 6.07 Å². The Balaban J connectivity index is 1.62. The average molecular weight is 387 g/mol. The molecule has 1 atom stereocenters. The van der Waals surface area contributed by atoms with Crippen LogP contribution >= 0.6 is 11.3 Å². The fourth-order valence-corrected chi connectivity index (χ4v) is 4.52. The van der Waals surface area contributed by atoms with Crippen LogP contribution in [0.25, 0.3) is 0 Å². The first-order chi connectivity index (χ1) is 13.1. The van der Waals surface area contributed by atoms with Gasteiger partial charge >= 0.3 is 0 Å². The predicted molar refractivity (Wildman–Crippen MR) is 107 cm³/mol. The molecule has 27 heavy (non-hydrogen) atoms. The highest BCUT2D eigenvalue weighted by molar-refractivity contribution is 7.14. The maximum absolute atomic E-state index is 12.9. The van der Waals surface area contributed by atoms with Crippen molar-refractivity contribution in [2.75, 3.05) is 26.7 Å². The second-order valence-corrected chi connectivity index (χ2v) is 7.96. The number of nitrogens with one attached hydrogen (secondary N) is 1. The molecule has 0 aromatic carbocycles. The summed E-state index contributed by atoms with van der Waals surface area (Å²) in [5.74, 6) is 0.0951. The van der Waals surface area contributed by atoms with Gasteiger partial charge in [-0.2, -0.15) is 0 Å². The van der Waals surface area contributed by atoms with Crippen LogP contribution in [0.15, 0.2) is 36.7 Å². The van der Waals surface area contributed by atoms with E-state index in [9.17, 15) is 9.59 Å². The van der Waals surface area contributed by atoms with Gasteiger partial charge in [0.2, 0.25) is 5.91 Å². The van der Waals surface area contributed by atoms with Crippen LogP contribution in [-0.2, 0) is 11.3 Å². The number of aromatic nitrogens is 1. The second kappa shape index (κ2) is 9.10. The number of pyridine rings is 1. The number of amides is 2. The lowest BCUT2D eigenvalue weighted by atomic mass is 10.2. The molecule has 2 amide bonds. The van der Waals surface area contributed by atoms with E-state index in [4.69, 9.17) is 0 Å². The minimum atomic E-state index is -0.0409. The molecule has 2 aromatic rings. The zero-order valence-electron chi connectivity index (χ0n) is 15.9. The van der Waals surface area contributed by atoms with Crippen molar-refractivity contribution < 1.29 is 9.59 Å². The fraction of sp³-hybridized carbons (Fsp3) is 0.450. The summed E-state index contributed by atoms with van der Waals surface area (Å²) in [4.78, 5) is 34.8. The van der Waals surface area contributed by atoms with Gasteiger partial charge in [-0.15, -0.1) is 11.3 Å². The quantitative estimate of drug-likeness (QED) is 0.795. The number of likely N-dealkylation sites (tertiary alicyclic amines) is 1. The minimum Gasteiger partial charge on any atom is -0.352 e. The van der Waals surface area contributed by atoms with Gasteiger partial charge in [0.25, 0.3) is 5.91 Å². The number of nitrogens with zero attached hydrogens (tertiary/aromatic N) is 3. The lowest BCUT2D eigenvalue weighted by molar-refractivity contribution is -0.133. The van der Waals surface area contributed by atoms with E-state index >= 15 is 0 Å². The Morgan fingerprint density at radius 2 is 2.22 bits per heavy atom. The molecule has 7 heteroatoms. The van der Waals surface area contributed by atoms with Crippen LogP contribution in [0.1, 0.15) is 45.9 Å². The van der Waals surface area contributed by atoms with Gasteiger partial charge in [0.1, 0.15) is 0 Å². The molecular weight excluding hydrogens is 360 g/mol. The number of thiophene rings is 1. The number of rotatable bonds is 7. The Bertz CT molecular complexity index is 777. The molecule has 3 heterocycles. The highest BCUT2D eigenvalue weighted by atomic mass is 32.1. The molecule has 1 saturated heterocycles. The van der Waals surface area contributed by atoms with Gasteiger partial charge in [-0.3, -0.25) is 19.5 Å². The summed E-state index contributed by atoms with van der Waals surface area (Å²) < 4.78 is 0. The molecule has 1 aliphatic rings. The van der Waals surface area contributed by atoms with Gasteiger partial charge < -0.3 is 10.2 Å². The fourth-order valence-electron chi connectivity index (χ4n) is 3.44. The topological polar surface area (TPSA) is 65.5 Å². The van der Waals surface area contributed by atoms with Gasteiger partial charge in [-0.25, -0.2) is 0 Å². The first kappa shape index (κ1) is 19.5. The van der Waals surface area contributed by atoms with Crippen molar-refractivity contribution in [3.05, 3.63) is 52.0 Å². The van der Waals surface area contributed by atoms with E-state index in [2.05, 4.69) is 10.3 Å². The first-order valence-electron chi connectivity index (χ1n) is 9.33. The van der Waals surface area contributed by atoms with Crippen molar-refractivity contribution >= 4 is 23.2 Å². The zero-order chi connectivity index (χ0) is 19.2. The van der Waals surface area contributed by atoms with Crippen LogP contribution in [0.3, 0.4) is 0 Å². The zero-order valence-corrected chi connectivity index (χ0v) is 16.7. The summed E-state index contributed by atoms with van der Waals surface area (Å²) in [6, 6.07) is 7.86. The monoisotopic (exact) mass is 386 g/mol. The molecule has 0 radical (unpaired) electrons. The second-order valence-electron chi connectivity index (χ2n) is 6.84. The van der Waals surface area contributed by atoms with Crippen molar-refractivity contribution in [1.82, 2.24) is 20.1 Å². The van der Waals surface area contributed by atoms with Gasteiger partial charge in [0, 0.05) is 36.9 Å². The lowest BCUT2D eigenvalue weighted by Gasteiger charge is -2.26. The van der Waals surface area contributed by atoms with E-state index in [-0.39, 0.29) is 17.9 Å². The van der Waals surface area contributed by atoms with Crippen LogP contribution in [0, 0.1) is 0 Å². The number of likely N-dealkylation sites (N-methyl/N-ethyl adjacent to an activating group) is 1. The van der Waals surface area contributed by atoms with Crippen molar-refractivity contribution in [1.29, 1.82) is 0 Å². The van der Waals surface area contributed by atoms with E-state index in [1.165, 1.54) is 11.3 Å². The van der Waals surface area contributed by atoms with E-state index in [1.54, 1.807) is 6.20 Å². The summed E-state index contributed by atoms with van der Waals surface area (Å²) >= 11 is 1.49. The SMILES string of the molecule is CCNC(=O)c1ccc([C@@H]2CCCN2C(=O)CN(C)Cc2cccnc2)s1. The predicted octanol–water partition coefficient (Wildman–Crippen LogP) is 2.69. The normalized spacial score (nSPS) is 16.7. The molecule has 0 bridgehead atoms. The Morgan fingerprint density at radius 3 is 2.96 bits per heavy atom. The van der Waals surface area contributed by atoms with Crippen LogP contribution in [0.5, 0.6) is 0 Å². The van der Waals surface area contributed by atoms with Crippen LogP contribution in [-0.4, -0.2) is 53.3 Å². The molecule has 3 rings (SSSR count). The van der Waals surface area contributed by atoms with Crippen molar-refractivity contribution in [2.24, 2.45) is 0 Å². The smallest absolute Gasteiger partial charge is 0.261 e. The van der Waals surface area contributed by atoms with Crippen LogP contribution in [0.4, 0.5) is 0 Å². The minimum absolute atomic E-state index is 0.0409. The lowest BCUT2D eigenvalue weighted by Crippen LogP contribution is -2.38. The molecule has 0 aliphatic carbocycles. The summed E-state index contributed by atoms with van der Waals surface area (Å²) in [5, 5.41) is 2.83. The summed E-state index contributed by atoms with van der Waals surface area (Å²) in [7, 11) is 1.95. The van der Waals surface area contributed by atoms with E-state index in [0.717, 1.165) is 29.8 Å². The van der Waals surface area contributed by atoms with Crippen molar-refractivity contribution in [2.45, 2.75) is 32.4 Å². The highest BCUT2D eigenvalue weighted by Crippen LogP contribution is 2.36. The van der Waals surface area contributed by atoms with E-state index < -0.39 is 0 Å². The summed E-state index contributed by atoms with van der Waals surface area (Å²) in [6.07, 6.45) is 5.53. The third-order valence-electron chi connectivity index (χ3n) is 4.67. The molecule has 1 fully saturated rings. The Labute approximate surface area is 164 Å². The molecule has 1 N–H and O–H groups in total. The Kier molecular flexibility index (Phi) is 6.58. The molecule has 0 unspecified atom stereocenters. The maximum Gasteiger partial charge on any atom is 0.261 e. The standard InChI is InChI=1S/C20H26N4O2S/c1-3-22-20(26)18-9-8-17(27-18)16-7-5-11-24(16)19(25)14-23(2)13-15-6-4-10-21-12-15/h4,6,8-10,12,16H,3,5,7,11,13-14H2,1-2H3,(H,22,26)/t16-/m0/s1. The van der Waals surface area contributed by atoms with E-state index in [0.29, 0.717) is 24.5 Å². The number of hydrogen-bond acceptors (Lipinski definition) is 5. The van der Waals surface area contributed by atoms with Gasteiger partial charge in [0.05, 0.1) is 17.5 Å². The third-order valence-corrected chi connectivity index (χ3v) is 5.86. The molecule has 2 aromatic heterocycles. The molecule has 1 aliphatic heterocycles. The van der Waals surface area contributed by atoms with Gasteiger partial charge in [-0.05, 0) is 50.6 Å². The van der Waals surface area contributed by atoms with Crippen LogP contribution < -0.4 is 5.32 Å². The van der Waals surface area contributed by atoms with Gasteiger partial charge in [0.15, 0.2) is 0 Å². The molecule has 0 spiro atoms. The molecular formula is C20H26N4O2S. The maximum atomic E-state index is 12.9. The van der Waals surface area contributed by atoms with E-state index in [1.807, 2.05) is 54.2 Å².